The molecule has 3 aromatic rings. The third-order valence-corrected chi connectivity index (χ3v) is 8.45. The Hall–Kier alpha value is -1.78. The van der Waals surface area contributed by atoms with Gasteiger partial charge >= 0.3 is 0 Å². The van der Waals surface area contributed by atoms with E-state index in [9.17, 15) is 17.9 Å². The molecule has 0 saturated carbocycles. The van der Waals surface area contributed by atoms with Gasteiger partial charge < -0.3 is 10.1 Å². The minimum absolute atomic E-state index is 0.0131. The van der Waals surface area contributed by atoms with E-state index in [1.807, 2.05) is 0 Å². The maximum atomic E-state index is 13.9. The summed E-state index contributed by atoms with van der Waals surface area (Å²) in [5.41, 5.74) is 0.880. The van der Waals surface area contributed by atoms with Crippen molar-refractivity contribution in [3.05, 3.63) is 57.9 Å². The van der Waals surface area contributed by atoms with Crippen molar-refractivity contribution in [2.45, 2.75) is 30.3 Å². The van der Waals surface area contributed by atoms with Gasteiger partial charge in [-0.15, -0.1) is 0 Å². The summed E-state index contributed by atoms with van der Waals surface area (Å²) >= 11 is 9.37. The third kappa shape index (κ3) is 4.56. The zero-order chi connectivity index (χ0) is 22.4. The number of aromatic amines is 1. The van der Waals surface area contributed by atoms with Crippen LogP contribution in [0.5, 0.6) is 0 Å². The SMILES string of the molecule is CC1(O)CCN(S(=O)(=O)c2cc(-c3ncc(-c4ccc(Br)c(F)c4)[nH]3)ccc2Cl)CC1. The number of rotatable bonds is 4. The first-order chi connectivity index (χ1) is 14.6. The number of nitrogens with zero attached hydrogens (tertiary/aromatic N) is 2. The van der Waals surface area contributed by atoms with Crippen LogP contribution >= 0.6 is 27.5 Å². The van der Waals surface area contributed by atoms with Gasteiger partial charge in [-0.2, -0.15) is 4.31 Å². The average molecular weight is 529 g/mol. The first-order valence-electron chi connectivity index (χ1n) is 9.60. The lowest BCUT2D eigenvalue weighted by molar-refractivity contribution is 0.0126. The number of H-pyrrole nitrogens is 1. The highest BCUT2D eigenvalue weighted by Crippen LogP contribution is 2.33. The first-order valence-corrected chi connectivity index (χ1v) is 12.2. The van der Waals surface area contributed by atoms with Crippen molar-refractivity contribution < 1.29 is 17.9 Å². The van der Waals surface area contributed by atoms with E-state index >= 15 is 0 Å². The smallest absolute Gasteiger partial charge is 0.244 e. The molecule has 164 valence electrons. The fourth-order valence-corrected chi connectivity index (χ4v) is 5.66. The van der Waals surface area contributed by atoms with Crippen molar-refractivity contribution in [1.29, 1.82) is 0 Å². The molecule has 0 bridgehead atoms. The molecule has 4 rings (SSSR count). The van der Waals surface area contributed by atoms with Crippen LogP contribution < -0.4 is 0 Å². The van der Waals surface area contributed by atoms with Gasteiger partial charge in [0.1, 0.15) is 16.5 Å². The molecule has 31 heavy (non-hydrogen) atoms. The van der Waals surface area contributed by atoms with Crippen LogP contribution in [0.3, 0.4) is 0 Å². The zero-order valence-corrected chi connectivity index (χ0v) is 19.7. The Morgan fingerprint density at radius 1 is 1.19 bits per heavy atom. The fourth-order valence-electron chi connectivity index (χ4n) is 3.47. The van der Waals surface area contributed by atoms with E-state index in [2.05, 4.69) is 25.9 Å². The fraction of sp³-hybridized carbons (Fsp3) is 0.286. The van der Waals surface area contributed by atoms with Crippen molar-refractivity contribution >= 4 is 37.6 Å². The average Bonchev–Trinajstić information content (AvgIpc) is 3.20. The van der Waals surface area contributed by atoms with Gasteiger partial charge in [0.05, 0.1) is 27.0 Å². The van der Waals surface area contributed by atoms with E-state index in [4.69, 9.17) is 11.6 Å². The molecule has 0 spiro atoms. The molecule has 0 amide bonds. The number of sulfonamides is 1. The highest BCUT2D eigenvalue weighted by Gasteiger charge is 2.35. The number of hydrogen-bond donors (Lipinski definition) is 2. The molecule has 1 saturated heterocycles. The number of nitrogens with one attached hydrogen (secondary N) is 1. The van der Waals surface area contributed by atoms with Crippen LogP contribution in [-0.2, 0) is 10.0 Å². The van der Waals surface area contributed by atoms with Crippen molar-refractivity contribution in [3.8, 4) is 22.6 Å². The molecule has 2 aromatic carbocycles. The number of benzene rings is 2. The van der Waals surface area contributed by atoms with Gasteiger partial charge in [-0.25, -0.2) is 17.8 Å². The second-order valence-electron chi connectivity index (χ2n) is 7.82. The highest BCUT2D eigenvalue weighted by molar-refractivity contribution is 9.10. The number of halogens is 3. The van der Waals surface area contributed by atoms with E-state index in [0.29, 0.717) is 40.0 Å². The van der Waals surface area contributed by atoms with Gasteiger partial charge in [-0.3, -0.25) is 0 Å². The summed E-state index contributed by atoms with van der Waals surface area (Å²) in [6.45, 7) is 2.14. The summed E-state index contributed by atoms with van der Waals surface area (Å²) in [4.78, 5) is 7.42. The largest absolute Gasteiger partial charge is 0.390 e. The molecule has 6 nitrogen and oxygen atoms in total. The Balaban J connectivity index is 1.66. The third-order valence-electron chi connectivity index (χ3n) is 5.43. The zero-order valence-electron chi connectivity index (χ0n) is 16.6. The van der Waals surface area contributed by atoms with Crippen LogP contribution in [0.15, 0.2) is 52.0 Å². The van der Waals surface area contributed by atoms with Crippen LogP contribution in [-0.4, -0.2) is 46.5 Å². The molecular formula is C21H20BrClFN3O3S. The van der Waals surface area contributed by atoms with E-state index in [-0.39, 0.29) is 23.0 Å². The van der Waals surface area contributed by atoms with Crippen molar-refractivity contribution in [2.24, 2.45) is 0 Å². The molecule has 0 radical (unpaired) electrons. The second kappa shape index (κ2) is 8.29. The quantitative estimate of drug-likeness (QED) is 0.508. The predicted molar refractivity (Wildman–Crippen MR) is 121 cm³/mol. The van der Waals surface area contributed by atoms with Crippen LogP contribution in [0.25, 0.3) is 22.6 Å². The van der Waals surface area contributed by atoms with Gasteiger partial charge in [-0.05, 0) is 66.0 Å². The Labute approximate surface area is 193 Å². The van der Waals surface area contributed by atoms with E-state index in [1.165, 1.54) is 22.5 Å². The van der Waals surface area contributed by atoms with Gasteiger partial charge in [0.15, 0.2) is 0 Å². The maximum Gasteiger partial charge on any atom is 0.244 e. The lowest BCUT2D eigenvalue weighted by Crippen LogP contribution is -2.45. The molecule has 0 aliphatic carbocycles. The van der Waals surface area contributed by atoms with Crippen LogP contribution in [0.2, 0.25) is 5.02 Å². The lowest BCUT2D eigenvalue weighted by Gasteiger charge is -2.35. The second-order valence-corrected chi connectivity index (χ2v) is 11.0. The standard InChI is InChI=1S/C21H20BrClFN3O3S/c1-21(28)6-8-27(9-7-21)31(29,30)19-11-14(3-5-16(19)23)20-25-12-18(26-20)13-2-4-15(22)17(24)10-13/h2-5,10-12,28H,6-9H2,1H3,(H,25,26). The Morgan fingerprint density at radius 2 is 1.87 bits per heavy atom. The number of hydrogen-bond acceptors (Lipinski definition) is 4. The number of imidazole rings is 1. The topological polar surface area (TPSA) is 86.3 Å². The Morgan fingerprint density at radius 3 is 2.55 bits per heavy atom. The maximum absolute atomic E-state index is 13.9. The van der Waals surface area contributed by atoms with E-state index < -0.39 is 21.4 Å². The number of aliphatic hydroxyl groups is 1. The monoisotopic (exact) mass is 527 g/mol. The first kappa shape index (κ1) is 22.4. The van der Waals surface area contributed by atoms with E-state index in [0.717, 1.165) is 0 Å². The molecule has 2 heterocycles. The summed E-state index contributed by atoms with van der Waals surface area (Å²) in [6.07, 6.45) is 2.27. The normalized spacial score (nSPS) is 17.1. The van der Waals surface area contributed by atoms with Crippen LogP contribution in [0, 0.1) is 5.82 Å². The summed E-state index contributed by atoms with van der Waals surface area (Å²) in [6, 6.07) is 9.40. The lowest BCUT2D eigenvalue weighted by atomic mass is 9.95. The minimum atomic E-state index is -3.84. The summed E-state index contributed by atoms with van der Waals surface area (Å²) in [7, 11) is -3.84. The molecule has 1 aliphatic rings. The van der Waals surface area contributed by atoms with Gasteiger partial charge in [-0.1, -0.05) is 17.7 Å². The van der Waals surface area contributed by atoms with Gasteiger partial charge in [0, 0.05) is 24.2 Å². The molecular weight excluding hydrogens is 509 g/mol. The molecule has 2 N–H and O–H groups in total. The van der Waals surface area contributed by atoms with Crippen molar-refractivity contribution in [2.75, 3.05) is 13.1 Å². The Bertz CT molecular complexity index is 1240. The van der Waals surface area contributed by atoms with Crippen molar-refractivity contribution in [3.63, 3.8) is 0 Å². The predicted octanol–water partition coefficient (Wildman–Crippen LogP) is 4.83. The Kier molecular flexibility index (Phi) is 5.99. The number of piperidine rings is 1. The molecule has 1 aromatic heterocycles. The molecule has 0 atom stereocenters. The van der Waals surface area contributed by atoms with Gasteiger partial charge in [0.25, 0.3) is 0 Å². The molecule has 10 heteroatoms. The van der Waals surface area contributed by atoms with Gasteiger partial charge in [0.2, 0.25) is 10.0 Å². The highest BCUT2D eigenvalue weighted by atomic mass is 79.9. The molecule has 0 unspecified atom stereocenters. The van der Waals surface area contributed by atoms with Crippen LogP contribution in [0.4, 0.5) is 4.39 Å². The molecule has 1 aliphatic heterocycles. The van der Waals surface area contributed by atoms with Crippen molar-refractivity contribution in [1.82, 2.24) is 14.3 Å². The number of aromatic nitrogens is 2. The summed E-state index contributed by atoms with van der Waals surface area (Å²) in [5.74, 6) is 0.0436. The summed E-state index contributed by atoms with van der Waals surface area (Å²) < 4.78 is 41.9. The minimum Gasteiger partial charge on any atom is -0.390 e. The summed E-state index contributed by atoms with van der Waals surface area (Å²) in [5, 5.41) is 10.2. The van der Waals surface area contributed by atoms with Crippen LogP contribution in [0.1, 0.15) is 19.8 Å². The molecule has 1 fully saturated rings. The van der Waals surface area contributed by atoms with E-state index in [1.54, 1.807) is 31.3 Å².